The molecule has 4 aliphatic carbocycles. The summed E-state index contributed by atoms with van der Waals surface area (Å²) in [6.45, 7) is 0. The molecule has 0 saturated carbocycles. The van der Waals surface area contributed by atoms with Gasteiger partial charge in [-0.25, -0.2) is 24.9 Å². The van der Waals surface area contributed by atoms with Crippen molar-refractivity contribution >= 4 is 68.9 Å². The molecule has 8 aliphatic heterocycles. The Balaban J connectivity index is 0.0000000847. The summed E-state index contributed by atoms with van der Waals surface area (Å²) in [7, 11) is 0. The van der Waals surface area contributed by atoms with Gasteiger partial charge in [-0.2, -0.15) is 0 Å². The number of nitrogens with zero attached hydrogens (tertiary/aromatic N) is 12. The summed E-state index contributed by atoms with van der Waals surface area (Å²) in [5.41, 5.74) is 53.4. The van der Waals surface area contributed by atoms with Crippen LogP contribution >= 0.6 is 0 Å². The van der Waals surface area contributed by atoms with Crippen molar-refractivity contribution < 1.29 is 0 Å². The number of aromatic nitrogens is 8. The maximum atomic E-state index is 4.79. The van der Waals surface area contributed by atoms with Crippen molar-refractivity contribution in [1.82, 2.24) is 39.9 Å². The van der Waals surface area contributed by atoms with Crippen LogP contribution in [0.3, 0.4) is 0 Å². The molecule has 0 N–H and O–H groups in total. The molecule has 16 heterocycles. The summed E-state index contributed by atoms with van der Waals surface area (Å²) in [6.07, 6.45) is 30.8. The maximum Gasteiger partial charge on any atom is 0.142 e. The van der Waals surface area contributed by atoms with Crippen LogP contribution in [0.1, 0.15) is 134 Å². The van der Waals surface area contributed by atoms with Crippen LogP contribution in [0.2, 0.25) is 0 Å². The van der Waals surface area contributed by atoms with Gasteiger partial charge in [0.1, 0.15) is 29.1 Å². The van der Waals surface area contributed by atoms with Gasteiger partial charge in [-0.1, -0.05) is 152 Å². The smallest absolute Gasteiger partial charge is 0.142 e. The Morgan fingerprint density at radius 2 is 0.509 bits per heavy atom. The lowest BCUT2D eigenvalue weighted by atomic mass is 9.83. The van der Waals surface area contributed by atoms with E-state index in [1.807, 2.05) is 98.4 Å². The summed E-state index contributed by atoms with van der Waals surface area (Å²) >= 11 is 0. The predicted octanol–water partition coefficient (Wildman–Crippen LogP) is 21.3. The Hall–Kier alpha value is -13.8. The molecular formula is C100H68N12. The molecule has 28 rings (SSSR count). The van der Waals surface area contributed by atoms with Gasteiger partial charge in [-0.05, 0) is 253 Å². The zero-order chi connectivity index (χ0) is 73.0. The van der Waals surface area contributed by atoms with Crippen molar-refractivity contribution in [2.24, 2.45) is 0 Å². The van der Waals surface area contributed by atoms with Crippen LogP contribution in [0, 0.1) is 0 Å². The van der Waals surface area contributed by atoms with E-state index in [4.69, 9.17) is 29.9 Å². The first-order chi connectivity index (χ1) is 55.5. The highest BCUT2D eigenvalue weighted by Crippen LogP contribution is 2.60. The summed E-state index contributed by atoms with van der Waals surface area (Å²) in [4.78, 5) is 46.9. The quantitative estimate of drug-likeness (QED) is 0.144. The Labute approximate surface area is 647 Å². The van der Waals surface area contributed by atoms with Gasteiger partial charge in [0, 0.05) is 107 Å². The van der Waals surface area contributed by atoms with Crippen molar-refractivity contribution in [3.8, 4) is 44.5 Å². The first-order valence-electron chi connectivity index (χ1n) is 39.3. The lowest BCUT2D eigenvalue weighted by Crippen LogP contribution is -2.27. The zero-order valence-electron chi connectivity index (χ0n) is 61.3. The van der Waals surface area contributed by atoms with Gasteiger partial charge in [0.15, 0.2) is 0 Å². The van der Waals surface area contributed by atoms with Crippen LogP contribution < -0.4 is 19.6 Å². The number of fused-ring (bicyclic) bond motifs is 32. The van der Waals surface area contributed by atoms with E-state index in [0.717, 1.165) is 112 Å². The van der Waals surface area contributed by atoms with Crippen LogP contribution in [0.4, 0.5) is 68.9 Å². The molecule has 12 heteroatoms. The highest BCUT2D eigenvalue weighted by atomic mass is 15.3. The molecule has 12 nitrogen and oxygen atoms in total. The van der Waals surface area contributed by atoms with Gasteiger partial charge < -0.3 is 0 Å². The average Bonchev–Trinajstić information content (AvgIpc) is 1.71. The third-order valence-corrected chi connectivity index (χ3v) is 25.5. The highest BCUT2D eigenvalue weighted by Gasteiger charge is 2.43. The zero-order valence-corrected chi connectivity index (χ0v) is 61.3. The molecular weight excluding hydrogens is 1370 g/mol. The lowest BCUT2D eigenvalue weighted by Gasteiger charge is -2.39. The number of hydrogen-bond acceptors (Lipinski definition) is 12. The van der Waals surface area contributed by atoms with E-state index in [-0.39, 0.29) is 0 Å². The predicted molar refractivity (Wildman–Crippen MR) is 442 cm³/mol. The van der Waals surface area contributed by atoms with E-state index < -0.39 is 0 Å². The molecule has 16 aromatic rings. The fraction of sp³-hybridized carbons (Fsp3) is 0.120. The molecule has 0 unspecified atom stereocenters. The topological polar surface area (TPSA) is 116 Å². The molecule has 0 bridgehead atoms. The van der Waals surface area contributed by atoms with Crippen molar-refractivity contribution in [3.63, 3.8) is 0 Å². The number of hydrogen-bond donors (Lipinski definition) is 0. The molecule has 0 amide bonds. The van der Waals surface area contributed by atoms with Crippen molar-refractivity contribution in [1.29, 1.82) is 0 Å². The van der Waals surface area contributed by atoms with Crippen LogP contribution in [0.5, 0.6) is 0 Å². The number of pyridine rings is 8. The minimum atomic E-state index is 0.884. The summed E-state index contributed by atoms with van der Waals surface area (Å²) in [5, 5.41) is 0. The van der Waals surface area contributed by atoms with E-state index >= 15 is 0 Å². The van der Waals surface area contributed by atoms with Gasteiger partial charge in [0.05, 0.1) is 51.7 Å². The fourth-order valence-corrected chi connectivity index (χ4v) is 21.2. The second kappa shape index (κ2) is 23.8. The van der Waals surface area contributed by atoms with E-state index in [2.05, 4.69) is 199 Å². The van der Waals surface area contributed by atoms with Crippen molar-refractivity contribution in [3.05, 3.63) is 402 Å². The summed E-state index contributed by atoms with van der Waals surface area (Å²) < 4.78 is 0. The van der Waals surface area contributed by atoms with Crippen LogP contribution in [0.15, 0.2) is 268 Å². The van der Waals surface area contributed by atoms with Gasteiger partial charge in [0.2, 0.25) is 0 Å². The Morgan fingerprint density at radius 3 is 0.955 bits per heavy atom. The molecule has 12 aliphatic rings. The first kappa shape index (κ1) is 62.1. The van der Waals surface area contributed by atoms with E-state index in [0.29, 0.717) is 0 Å². The van der Waals surface area contributed by atoms with E-state index in [9.17, 15) is 0 Å². The average molecular weight is 1440 g/mol. The molecule has 0 atom stereocenters. The monoisotopic (exact) mass is 1440 g/mol. The Bertz CT molecular complexity index is 5990. The molecule has 8 aromatic heterocycles. The molecule has 0 fully saturated rings. The number of benzene rings is 8. The van der Waals surface area contributed by atoms with Gasteiger partial charge in [-0.3, -0.25) is 34.6 Å². The second-order valence-electron chi connectivity index (χ2n) is 31.6. The third-order valence-electron chi connectivity index (χ3n) is 25.5. The van der Waals surface area contributed by atoms with Gasteiger partial charge in [-0.15, -0.1) is 0 Å². The normalized spacial score (nSPS) is 14.6. The molecule has 0 spiro atoms. The minimum Gasteiger partial charge on any atom is -0.294 e. The molecule has 0 saturated heterocycles. The van der Waals surface area contributed by atoms with Crippen LogP contribution in [-0.2, 0) is 77.0 Å². The fourth-order valence-electron chi connectivity index (χ4n) is 21.2. The number of rotatable bonds is 0. The van der Waals surface area contributed by atoms with Crippen molar-refractivity contribution in [2.45, 2.75) is 77.0 Å². The lowest BCUT2D eigenvalue weighted by molar-refractivity contribution is 0.949. The SMILES string of the molecule is c1ccc2c(c1)Cc1cc3c4c(c1-2)Cc1cccnc1N4c1ncccc1C3.c1ccc2c(c1)Cc1cc3c4c(c1-2)Cc1ccncc1N4c1ncccc1C3.c1ccc2c(c1)Cc1cc3c4c(c1-2)Cc1cnccc1N4c1ncccc1C3.c1ccc2c(c1)Cc1cc3c4c(c1-2)Cc1ncccc1N4c1ncccc1C3. The molecule has 112 heavy (non-hydrogen) atoms. The summed E-state index contributed by atoms with van der Waals surface area (Å²) in [5.74, 6) is 5.23. The third kappa shape index (κ3) is 9.05. The van der Waals surface area contributed by atoms with Gasteiger partial charge in [0.25, 0.3) is 0 Å². The van der Waals surface area contributed by atoms with E-state index in [1.165, 1.54) is 212 Å². The van der Waals surface area contributed by atoms with Crippen LogP contribution in [0.25, 0.3) is 44.5 Å². The summed E-state index contributed by atoms with van der Waals surface area (Å²) in [6, 6.07) is 75.0. The Morgan fingerprint density at radius 1 is 0.196 bits per heavy atom. The largest absolute Gasteiger partial charge is 0.294 e. The first-order valence-corrected chi connectivity index (χ1v) is 39.3. The minimum absolute atomic E-state index is 0.884. The van der Waals surface area contributed by atoms with Gasteiger partial charge >= 0.3 is 0 Å². The molecule has 0 radical (unpaired) electrons. The maximum absolute atomic E-state index is 4.79. The van der Waals surface area contributed by atoms with E-state index in [1.54, 1.807) is 0 Å². The molecule has 528 valence electrons. The Kier molecular flexibility index (Phi) is 13.2. The van der Waals surface area contributed by atoms with Crippen LogP contribution in [-0.4, -0.2) is 39.9 Å². The van der Waals surface area contributed by atoms with Crippen molar-refractivity contribution in [2.75, 3.05) is 19.6 Å². The molecule has 8 aromatic carbocycles. The second-order valence-corrected chi connectivity index (χ2v) is 31.6. The number of anilines is 12. The standard InChI is InChI=1S/4C25H17N3/c1-2-8-20-15(5-1)11-18-13-19-12-16-6-3-9-26-24(16)28-23(19)21(22(18)20)14-17-7-4-10-27-25(17)28;1-2-7-19-15(5-1)11-17-13-18-12-16-6-3-10-27-25(16)28-22-8-4-9-26-21(22)14-20(23(17)19)24(18)28;1-2-6-20-15(4-1)10-18-12-19-11-17-5-3-8-27-25(17)28-22-14-26-9-7-16(22)13-21(23(18)20)24(19)28;1-2-6-20-15(4-1)10-17-12-18-11-16-5-3-8-27-25(16)28-22-7-9-26-14-19(22)13-21(23(17)20)24(18)28/h2*1-10,13H,11-12,14H2;2*1-9,12,14H,10-11,13H2. The highest BCUT2D eigenvalue weighted by molar-refractivity contribution is 6.00.